The molecule has 0 aromatic heterocycles. The van der Waals surface area contributed by atoms with Crippen LogP contribution >= 0.6 is 11.6 Å². The van der Waals surface area contributed by atoms with Gasteiger partial charge in [0.05, 0.1) is 18.7 Å². The number of carbonyl (C=O) groups excluding carboxylic acids is 3. The number of nitrogens with one attached hydrogen (secondary N) is 2. The van der Waals surface area contributed by atoms with Gasteiger partial charge in [-0.05, 0) is 36.2 Å². The fraction of sp³-hybridized carbons (Fsp3) is 0.348. The SMILES string of the molecule is O=C(CN1CCC2(CCC1=O)CNC(=O)c1ccccc1O2)NCc1ccc(Cl)cc1. The highest BCUT2D eigenvalue weighted by atomic mass is 35.5. The first-order valence-electron chi connectivity index (χ1n) is 10.3. The molecule has 0 aliphatic carbocycles. The molecule has 1 atom stereocenters. The maximum absolute atomic E-state index is 12.7. The minimum atomic E-state index is -0.674. The van der Waals surface area contributed by atoms with Gasteiger partial charge in [-0.3, -0.25) is 14.4 Å². The van der Waals surface area contributed by atoms with Crippen LogP contribution in [0.25, 0.3) is 0 Å². The highest BCUT2D eigenvalue weighted by molar-refractivity contribution is 6.30. The Bertz CT molecular complexity index is 995. The molecule has 0 bridgehead atoms. The fourth-order valence-corrected chi connectivity index (χ4v) is 4.03. The normalized spacial score (nSPS) is 20.9. The average molecular weight is 442 g/mol. The number of para-hydroxylation sites is 1. The van der Waals surface area contributed by atoms with Crippen LogP contribution in [0.3, 0.4) is 0 Å². The summed E-state index contributed by atoms with van der Waals surface area (Å²) in [5, 5.41) is 6.40. The van der Waals surface area contributed by atoms with Crippen molar-refractivity contribution in [2.75, 3.05) is 19.6 Å². The van der Waals surface area contributed by atoms with Gasteiger partial charge < -0.3 is 20.3 Å². The van der Waals surface area contributed by atoms with E-state index in [1.54, 1.807) is 35.2 Å². The minimum absolute atomic E-state index is 0.00848. The Kier molecular flexibility index (Phi) is 6.13. The van der Waals surface area contributed by atoms with E-state index in [0.29, 0.717) is 48.8 Å². The quantitative estimate of drug-likeness (QED) is 0.763. The lowest BCUT2D eigenvalue weighted by Gasteiger charge is -2.32. The number of carbonyl (C=O) groups is 3. The first-order chi connectivity index (χ1) is 14.9. The first-order valence-corrected chi connectivity index (χ1v) is 10.7. The second-order valence-electron chi connectivity index (χ2n) is 7.93. The predicted molar refractivity (Wildman–Crippen MR) is 116 cm³/mol. The van der Waals surface area contributed by atoms with Crippen LogP contribution in [0, 0.1) is 0 Å². The van der Waals surface area contributed by atoms with E-state index in [-0.39, 0.29) is 30.7 Å². The van der Waals surface area contributed by atoms with Crippen LogP contribution in [0.1, 0.15) is 35.2 Å². The van der Waals surface area contributed by atoms with Gasteiger partial charge >= 0.3 is 0 Å². The molecule has 2 aromatic carbocycles. The number of nitrogens with zero attached hydrogens (tertiary/aromatic N) is 1. The van der Waals surface area contributed by atoms with Crippen molar-refractivity contribution in [3.05, 3.63) is 64.7 Å². The third-order valence-corrected chi connectivity index (χ3v) is 6.00. The van der Waals surface area contributed by atoms with E-state index in [4.69, 9.17) is 16.3 Å². The monoisotopic (exact) mass is 441 g/mol. The maximum Gasteiger partial charge on any atom is 0.255 e. The lowest BCUT2D eigenvalue weighted by Crippen LogP contribution is -2.46. The van der Waals surface area contributed by atoms with Gasteiger partial charge in [-0.1, -0.05) is 35.9 Å². The number of fused-ring (bicyclic) bond motifs is 1. The number of hydrogen-bond donors (Lipinski definition) is 2. The topological polar surface area (TPSA) is 87.7 Å². The molecule has 0 radical (unpaired) electrons. The molecule has 2 aliphatic heterocycles. The Hall–Kier alpha value is -3.06. The molecule has 31 heavy (non-hydrogen) atoms. The zero-order chi connectivity index (χ0) is 21.8. The van der Waals surface area contributed by atoms with E-state index in [1.807, 2.05) is 18.2 Å². The summed E-state index contributed by atoms with van der Waals surface area (Å²) < 4.78 is 6.28. The van der Waals surface area contributed by atoms with Crippen molar-refractivity contribution >= 4 is 29.3 Å². The van der Waals surface area contributed by atoms with E-state index in [1.165, 1.54) is 0 Å². The Balaban J connectivity index is 1.38. The molecular formula is C23H24ClN3O4. The molecule has 1 unspecified atom stereocenters. The summed E-state index contributed by atoms with van der Waals surface area (Å²) in [6.07, 6.45) is 1.25. The lowest BCUT2D eigenvalue weighted by molar-refractivity contribution is -0.135. The van der Waals surface area contributed by atoms with Gasteiger partial charge in [0.15, 0.2) is 0 Å². The number of ether oxygens (including phenoxy) is 1. The molecule has 8 heteroatoms. The van der Waals surface area contributed by atoms with Crippen LogP contribution in [-0.4, -0.2) is 47.9 Å². The van der Waals surface area contributed by atoms with Crippen LogP contribution < -0.4 is 15.4 Å². The molecular weight excluding hydrogens is 418 g/mol. The first kappa shape index (κ1) is 21.2. The average Bonchev–Trinajstić information content (AvgIpc) is 3.01. The molecule has 162 valence electrons. The minimum Gasteiger partial charge on any atom is -0.485 e. The van der Waals surface area contributed by atoms with Crippen LogP contribution in [0.5, 0.6) is 5.75 Å². The van der Waals surface area contributed by atoms with E-state index in [9.17, 15) is 14.4 Å². The molecule has 1 spiro atoms. The standard InChI is InChI=1S/C23H24ClN3O4/c24-17-7-5-16(6-8-17)13-25-20(28)14-27-12-11-23(10-9-21(27)29)15-26-22(30)18-3-1-2-4-19(18)31-23/h1-8H,9-15H2,(H,25,28)(H,26,30). The summed E-state index contributed by atoms with van der Waals surface area (Å²) in [7, 11) is 0. The summed E-state index contributed by atoms with van der Waals surface area (Å²) in [4.78, 5) is 39.0. The molecule has 3 amide bonds. The molecule has 1 fully saturated rings. The van der Waals surface area contributed by atoms with Gasteiger partial charge in [-0.25, -0.2) is 0 Å². The zero-order valence-electron chi connectivity index (χ0n) is 17.0. The maximum atomic E-state index is 12.7. The van der Waals surface area contributed by atoms with Crippen molar-refractivity contribution in [1.29, 1.82) is 0 Å². The highest BCUT2D eigenvalue weighted by Gasteiger charge is 2.40. The Morgan fingerprint density at radius 1 is 1.13 bits per heavy atom. The van der Waals surface area contributed by atoms with Crippen molar-refractivity contribution in [1.82, 2.24) is 15.5 Å². The molecule has 7 nitrogen and oxygen atoms in total. The van der Waals surface area contributed by atoms with Crippen molar-refractivity contribution in [2.24, 2.45) is 0 Å². The van der Waals surface area contributed by atoms with Crippen LogP contribution in [0.2, 0.25) is 5.02 Å². The van der Waals surface area contributed by atoms with E-state index in [0.717, 1.165) is 5.56 Å². The summed E-state index contributed by atoms with van der Waals surface area (Å²) in [5.41, 5.74) is 0.750. The summed E-state index contributed by atoms with van der Waals surface area (Å²) in [6, 6.07) is 14.3. The Morgan fingerprint density at radius 3 is 2.71 bits per heavy atom. The molecule has 2 N–H and O–H groups in total. The molecule has 1 saturated heterocycles. The number of likely N-dealkylation sites (tertiary alicyclic amines) is 1. The molecule has 2 aliphatic rings. The van der Waals surface area contributed by atoms with Gasteiger partial charge in [0, 0.05) is 31.0 Å². The van der Waals surface area contributed by atoms with E-state index in [2.05, 4.69) is 10.6 Å². The smallest absolute Gasteiger partial charge is 0.255 e. The number of hydrogen-bond acceptors (Lipinski definition) is 4. The summed E-state index contributed by atoms with van der Waals surface area (Å²) in [5.74, 6) is 0.0336. The highest BCUT2D eigenvalue weighted by Crippen LogP contribution is 2.33. The van der Waals surface area contributed by atoms with Crippen molar-refractivity contribution in [2.45, 2.75) is 31.4 Å². The van der Waals surface area contributed by atoms with Crippen molar-refractivity contribution in [3.63, 3.8) is 0 Å². The Labute approximate surface area is 185 Å². The second-order valence-corrected chi connectivity index (χ2v) is 8.37. The van der Waals surface area contributed by atoms with Gasteiger partial charge in [-0.2, -0.15) is 0 Å². The second kappa shape index (κ2) is 8.98. The summed E-state index contributed by atoms with van der Waals surface area (Å²) >= 11 is 5.88. The van der Waals surface area contributed by atoms with Crippen molar-refractivity contribution < 1.29 is 19.1 Å². The third-order valence-electron chi connectivity index (χ3n) is 5.75. The predicted octanol–water partition coefficient (Wildman–Crippen LogP) is 2.53. The number of rotatable bonds is 4. The number of amides is 3. The molecule has 2 aromatic rings. The Morgan fingerprint density at radius 2 is 1.90 bits per heavy atom. The molecule has 0 saturated carbocycles. The molecule has 4 rings (SSSR count). The van der Waals surface area contributed by atoms with Crippen LogP contribution in [0.4, 0.5) is 0 Å². The zero-order valence-corrected chi connectivity index (χ0v) is 17.8. The van der Waals surface area contributed by atoms with Gasteiger partial charge in [0.25, 0.3) is 5.91 Å². The van der Waals surface area contributed by atoms with Gasteiger partial charge in [0.1, 0.15) is 11.4 Å². The number of benzene rings is 2. The van der Waals surface area contributed by atoms with Crippen LogP contribution in [-0.2, 0) is 16.1 Å². The van der Waals surface area contributed by atoms with Gasteiger partial charge in [0.2, 0.25) is 11.8 Å². The number of halogens is 1. The summed E-state index contributed by atoms with van der Waals surface area (Å²) in [6.45, 7) is 1.06. The fourth-order valence-electron chi connectivity index (χ4n) is 3.91. The lowest BCUT2D eigenvalue weighted by atomic mass is 9.94. The van der Waals surface area contributed by atoms with Crippen LogP contribution in [0.15, 0.2) is 48.5 Å². The van der Waals surface area contributed by atoms with E-state index < -0.39 is 5.60 Å². The largest absolute Gasteiger partial charge is 0.485 e. The van der Waals surface area contributed by atoms with E-state index >= 15 is 0 Å². The third kappa shape index (κ3) is 4.99. The molecule has 2 heterocycles. The van der Waals surface area contributed by atoms with Crippen molar-refractivity contribution in [3.8, 4) is 5.75 Å². The van der Waals surface area contributed by atoms with Gasteiger partial charge in [-0.15, -0.1) is 0 Å².